The van der Waals surface area contributed by atoms with E-state index in [2.05, 4.69) is 12.6 Å². The molecule has 12 heavy (non-hydrogen) atoms. The molecule has 0 spiro atoms. The van der Waals surface area contributed by atoms with Crippen molar-refractivity contribution in [3.05, 3.63) is 23.8 Å². The fourth-order valence-electron chi connectivity index (χ4n) is 0.975. The van der Waals surface area contributed by atoms with Crippen LogP contribution in [0.4, 0.5) is 0 Å². The number of phenols is 1. The van der Waals surface area contributed by atoms with Gasteiger partial charge in [-0.1, -0.05) is 12.1 Å². The minimum absolute atomic E-state index is 0.124. The SMILES string of the molecule is NC[C@H](N)c1cccc(S)c1O. The lowest BCUT2D eigenvalue weighted by atomic mass is 10.1. The fraction of sp³-hybridized carbons (Fsp3) is 0.250. The van der Waals surface area contributed by atoms with Crippen molar-refractivity contribution in [3.63, 3.8) is 0 Å². The van der Waals surface area contributed by atoms with Crippen LogP contribution in [-0.2, 0) is 0 Å². The Balaban J connectivity index is 3.07. The number of nitrogens with two attached hydrogens (primary N) is 2. The Labute approximate surface area is 76.8 Å². The highest BCUT2D eigenvalue weighted by Gasteiger charge is 2.09. The average Bonchev–Trinajstić information content (AvgIpc) is 2.08. The summed E-state index contributed by atoms with van der Waals surface area (Å²) < 4.78 is 0. The van der Waals surface area contributed by atoms with Crippen molar-refractivity contribution in [3.8, 4) is 5.75 Å². The first-order chi connectivity index (χ1) is 5.66. The molecule has 0 amide bonds. The summed E-state index contributed by atoms with van der Waals surface area (Å²) in [4.78, 5) is 0.524. The van der Waals surface area contributed by atoms with Crippen molar-refractivity contribution in [2.45, 2.75) is 10.9 Å². The standard InChI is InChI=1S/C8H12N2OS/c9-4-6(10)5-2-1-3-7(12)8(5)11/h1-3,6,11-12H,4,9-10H2/t6-/m0/s1. The van der Waals surface area contributed by atoms with E-state index in [9.17, 15) is 5.11 Å². The molecule has 0 bridgehead atoms. The summed E-state index contributed by atoms with van der Waals surface area (Å²) >= 11 is 4.05. The number of para-hydroxylation sites is 1. The van der Waals surface area contributed by atoms with Crippen LogP contribution < -0.4 is 11.5 Å². The number of benzene rings is 1. The molecular formula is C8H12N2OS. The van der Waals surface area contributed by atoms with Crippen molar-refractivity contribution >= 4 is 12.6 Å². The van der Waals surface area contributed by atoms with Gasteiger partial charge in [-0.3, -0.25) is 0 Å². The lowest BCUT2D eigenvalue weighted by Crippen LogP contribution is -2.20. The van der Waals surface area contributed by atoms with Crippen molar-refractivity contribution in [1.82, 2.24) is 0 Å². The first-order valence-electron chi connectivity index (χ1n) is 3.63. The van der Waals surface area contributed by atoms with Gasteiger partial charge in [0.2, 0.25) is 0 Å². The minimum atomic E-state index is -0.322. The Morgan fingerprint density at radius 1 is 1.50 bits per heavy atom. The van der Waals surface area contributed by atoms with Gasteiger partial charge in [-0.2, -0.15) is 0 Å². The molecule has 0 fully saturated rings. The summed E-state index contributed by atoms with van der Waals surface area (Å²) in [7, 11) is 0. The Kier molecular flexibility index (Phi) is 2.97. The smallest absolute Gasteiger partial charge is 0.133 e. The molecule has 1 aromatic rings. The number of hydrogen-bond donors (Lipinski definition) is 4. The predicted molar refractivity (Wildman–Crippen MR) is 51.3 cm³/mol. The first kappa shape index (κ1) is 9.38. The highest BCUT2D eigenvalue weighted by Crippen LogP contribution is 2.28. The summed E-state index contributed by atoms with van der Waals surface area (Å²) in [5.41, 5.74) is 11.7. The van der Waals surface area contributed by atoms with Crippen molar-refractivity contribution in [1.29, 1.82) is 0 Å². The first-order valence-corrected chi connectivity index (χ1v) is 4.08. The zero-order valence-corrected chi connectivity index (χ0v) is 7.46. The van der Waals surface area contributed by atoms with Gasteiger partial charge in [0.05, 0.1) is 0 Å². The zero-order valence-electron chi connectivity index (χ0n) is 6.57. The molecule has 0 saturated carbocycles. The normalized spacial score (nSPS) is 12.9. The second kappa shape index (κ2) is 3.80. The lowest BCUT2D eigenvalue weighted by molar-refractivity contribution is 0.449. The van der Waals surface area contributed by atoms with E-state index in [1.54, 1.807) is 18.2 Å². The molecule has 0 heterocycles. The summed E-state index contributed by atoms with van der Waals surface area (Å²) in [5, 5.41) is 9.49. The summed E-state index contributed by atoms with van der Waals surface area (Å²) in [6.45, 7) is 0.310. The maximum atomic E-state index is 9.49. The van der Waals surface area contributed by atoms with E-state index < -0.39 is 0 Å². The number of rotatable bonds is 2. The van der Waals surface area contributed by atoms with Gasteiger partial charge in [-0.05, 0) is 6.07 Å². The van der Waals surface area contributed by atoms with Gasteiger partial charge < -0.3 is 16.6 Å². The van der Waals surface area contributed by atoms with Gasteiger partial charge in [0, 0.05) is 23.0 Å². The zero-order chi connectivity index (χ0) is 9.14. The number of phenolic OH excluding ortho intramolecular Hbond substituents is 1. The number of hydrogen-bond acceptors (Lipinski definition) is 4. The van der Waals surface area contributed by atoms with Crippen LogP contribution in [0.5, 0.6) is 5.75 Å². The molecule has 66 valence electrons. The Hall–Kier alpha value is -0.710. The summed E-state index contributed by atoms with van der Waals surface area (Å²) in [5.74, 6) is 0.124. The predicted octanol–water partition coefficient (Wildman–Crippen LogP) is 0.639. The third-order valence-electron chi connectivity index (χ3n) is 1.70. The molecule has 1 atom stereocenters. The van der Waals surface area contributed by atoms with E-state index in [0.29, 0.717) is 17.0 Å². The topological polar surface area (TPSA) is 72.3 Å². The van der Waals surface area contributed by atoms with Crippen LogP contribution in [0.3, 0.4) is 0 Å². The molecule has 0 radical (unpaired) electrons. The highest BCUT2D eigenvalue weighted by atomic mass is 32.1. The highest BCUT2D eigenvalue weighted by molar-refractivity contribution is 7.80. The van der Waals surface area contributed by atoms with E-state index in [1.165, 1.54) is 0 Å². The molecule has 5 N–H and O–H groups in total. The van der Waals surface area contributed by atoms with E-state index >= 15 is 0 Å². The van der Waals surface area contributed by atoms with Crippen molar-refractivity contribution in [2.75, 3.05) is 6.54 Å². The van der Waals surface area contributed by atoms with Crippen LogP contribution in [0.1, 0.15) is 11.6 Å². The molecule has 3 nitrogen and oxygen atoms in total. The average molecular weight is 184 g/mol. The Morgan fingerprint density at radius 2 is 2.17 bits per heavy atom. The molecule has 0 aromatic heterocycles. The molecule has 0 unspecified atom stereocenters. The number of aromatic hydroxyl groups is 1. The fourth-order valence-corrected chi connectivity index (χ4v) is 1.19. The van der Waals surface area contributed by atoms with E-state index in [1.807, 2.05) is 0 Å². The van der Waals surface area contributed by atoms with Gasteiger partial charge >= 0.3 is 0 Å². The van der Waals surface area contributed by atoms with Gasteiger partial charge in [0.25, 0.3) is 0 Å². The van der Waals surface area contributed by atoms with E-state index in [0.717, 1.165) is 0 Å². The van der Waals surface area contributed by atoms with Crippen LogP contribution >= 0.6 is 12.6 Å². The van der Waals surface area contributed by atoms with Gasteiger partial charge in [0.1, 0.15) is 5.75 Å². The largest absolute Gasteiger partial charge is 0.506 e. The van der Waals surface area contributed by atoms with E-state index in [4.69, 9.17) is 11.5 Å². The van der Waals surface area contributed by atoms with Crippen LogP contribution in [-0.4, -0.2) is 11.7 Å². The van der Waals surface area contributed by atoms with Gasteiger partial charge in [-0.25, -0.2) is 0 Å². The third kappa shape index (κ3) is 1.72. The summed E-state index contributed by atoms with van der Waals surface area (Å²) in [6.07, 6.45) is 0. The molecule has 4 heteroatoms. The maximum absolute atomic E-state index is 9.49. The minimum Gasteiger partial charge on any atom is -0.506 e. The second-order valence-electron chi connectivity index (χ2n) is 2.56. The maximum Gasteiger partial charge on any atom is 0.133 e. The van der Waals surface area contributed by atoms with Crippen molar-refractivity contribution < 1.29 is 5.11 Å². The van der Waals surface area contributed by atoms with Gasteiger partial charge in [0.15, 0.2) is 0 Å². The van der Waals surface area contributed by atoms with Crippen LogP contribution in [0.15, 0.2) is 23.1 Å². The molecule has 0 aliphatic carbocycles. The molecule has 1 rings (SSSR count). The summed E-state index contributed by atoms with van der Waals surface area (Å²) in [6, 6.07) is 4.90. The number of thiol groups is 1. The quantitative estimate of drug-likeness (QED) is 0.510. The third-order valence-corrected chi connectivity index (χ3v) is 2.06. The Morgan fingerprint density at radius 3 is 2.75 bits per heavy atom. The molecule has 0 aliphatic rings. The molecule has 1 aromatic carbocycles. The van der Waals surface area contributed by atoms with Crippen LogP contribution in [0.25, 0.3) is 0 Å². The second-order valence-corrected chi connectivity index (χ2v) is 3.04. The molecule has 0 saturated heterocycles. The monoisotopic (exact) mass is 184 g/mol. The van der Waals surface area contributed by atoms with Gasteiger partial charge in [-0.15, -0.1) is 12.6 Å². The van der Waals surface area contributed by atoms with E-state index in [-0.39, 0.29) is 11.8 Å². The Bertz CT molecular complexity index is 278. The molecule has 0 aliphatic heterocycles. The van der Waals surface area contributed by atoms with Crippen LogP contribution in [0.2, 0.25) is 0 Å². The van der Waals surface area contributed by atoms with Crippen LogP contribution in [0, 0.1) is 0 Å². The lowest BCUT2D eigenvalue weighted by Gasteiger charge is -2.11. The molecular weight excluding hydrogens is 172 g/mol. The van der Waals surface area contributed by atoms with Crippen molar-refractivity contribution in [2.24, 2.45) is 11.5 Å².